The average Bonchev–Trinajstić information content (AvgIpc) is 2.85. The molecule has 0 aliphatic carbocycles. The molecule has 1 amide bonds. The number of benzene rings is 1. The van der Waals surface area contributed by atoms with Crippen molar-refractivity contribution in [2.24, 2.45) is 0 Å². The molecule has 2 aromatic rings. The highest BCUT2D eigenvalue weighted by Gasteiger charge is 2.30. The van der Waals surface area contributed by atoms with Crippen molar-refractivity contribution >= 4 is 21.8 Å². The zero-order chi connectivity index (χ0) is 23.9. The molecule has 0 atom stereocenters. The van der Waals surface area contributed by atoms with Gasteiger partial charge in [0, 0.05) is 55.5 Å². The van der Waals surface area contributed by atoms with Crippen LogP contribution in [0.15, 0.2) is 47.2 Å². The largest absolute Gasteiger partial charge is 0.490 e. The Hall–Kier alpha value is -2.26. The lowest BCUT2D eigenvalue weighted by Gasteiger charge is -2.41. The van der Waals surface area contributed by atoms with Crippen molar-refractivity contribution in [2.75, 3.05) is 26.2 Å². The number of carbonyl (C=O) groups is 1. The van der Waals surface area contributed by atoms with Gasteiger partial charge in [0.05, 0.1) is 0 Å². The monoisotopic (exact) mass is 537 g/mol. The van der Waals surface area contributed by atoms with Crippen LogP contribution >= 0.6 is 15.9 Å². The number of likely N-dealkylation sites (tertiary alicyclic amines) is 2. The molecule has 0 radical (unpaired) electrons. The Morgan fingerprint density at radius 1 is 1.06 bits per heavy atom. The lowest BCUT2D eigenvalue weighted by molar-refractivity contribution is -0.132. The summed E-state index contributed by atoms with van der Waals surface area (Å²) in [4.78, 5) is 21.2. The number of piperidine rings is 2. The number of aromatic nitrogens is 1. The molecule has 9 heteroatoms. The zero-order valence-electron chi connectivity index (χ0n) is 19.0. The number of aryl methyl sites for hydroxylation is 1. The highest BCUT2D eigenvalue weighted by Crippen LogP contribution is 2.27. The predicted octanol–water partition coefficient (Wildman–Crippen LogP) is 4.91. The molecule has 0 bridgehead atoms. The van der Waals surface area contributed by atoms with E-state index in [1.54, 1.807) is 24.5 Å². The van der Waals surface area contributed by atoms with Crippen LogP contribution in [0.4, 0.5) is 8.78 Å². The Bertz CT molecular complexity index is 934. The van der Waals surface area contributed by atoms with Gasteiger partial charge in [-0.1, -0.05) is 15.9 Å². The summed E-state index contributed by atoms with van der Waals surface area (Å²) in [6.07, 6.45) is 8.27. The molecule has 1 aromatic carbocycles. The summed E-state index contributed by atoms with van der Waals surface area (Å²) in [5, 5.41) is 0. The number of amides is 1. The van der Waals surface area contributed by atoms with Gasteiger partial charge in [-0.2, -0.15) is 8.78 Å². The maximum atomic E-state index is 12.8. The molecule has 3 heterocycles. The molecular weight excluding hydrogens is 508 g/mol. The third-order valence-electron chi connectivity index (χ3n) is 6.61. The van der Waals surface area contributed by atoms with Crippen molar-refractivity contribution in [3.05, 3.63) is 52.8 Å². The molecule has 2 aliphatic rings. The van der Waals surface area contributed by atoms with Crippen molar-refractivity contribution in [1.29, 1.82) is 0 Å². The number of pyridine rings is 1. The van der Waals surface area contributed by atoms with E-state index in [9.17, 15) is 13.6 Å². The Kier molecular flexibility index (Phi) is 8.72. The third kappa shape index (κ3) is 6.88. The van der Waals surface area contributed by atoms with E-state index in [0.29, 0.717) is 18.0 Å². The molecule has 184 valence electrons. The van der Waals surface area contributed by atoms with E-state index in [1.165, 1.54) is 6.07 Å². The molecule has 2 saturated heterocycles. The number of hydrogen-bond acceptors (Lipinski definition) is 5. The first kappa shape index (κ1) is 24.9. The van der Waals surface area contributed by atoms with Crippen LogP contribution in [0.3, 0.4) is 0 Å². The maximum Gasteiger partial charge on any atom is 0.387 e. The number of nitrogens with zero attached hydrogens (tertiary/aromatic N) is 3. The fraction of sp³-hybridized carbons (Fsp3) is 0.520. The van der Waals surface area contributed by atoms with Gasteiger partial charge in [-0.05, 0) is 68.0 Å². The van der Waals surface area contributed by atoms with Crippen LogP contribution < -0.4 is 9.47 Å². The van der Waals surface area contributed by atoms with Crippen LogP contribution in [0.5, 0.6) is 11.5 Å². The van der Waals surface area contributed by atoms with Gasteiger partial charge in [0.2, 0.25) is 5.91 Å². The number of halogens is 3. The van der Waals surface area contributed by atoms with Gasteiger partial charge in [0.1, 0.15) is 17.6 Å². The van der Waals surface area contributed by atoms with Gasteiger partial charge in [-0.25, -0.2) is 0 Å². The summed E-state index contributed by atoms with van der Waals surface area (Å²) in [5.74, 6) is 1.06. The minimum absolute atomic E-state index is 0.0610. The maximum absolute atomic E-state index is 12.8. The van der Waals surface area contributed by atoms with Gasteiger partial charge in [-0.15, -0.1) is 0 Å². The van der Waals surface area contributed by atoms with Crippen LogP contribution in [-0.4, -0.2) is 65.6 Å². The van der Waals surface area contributed by atoms with Crippen LogP contribution in [0.2, 0.25) is 0 Å². The smallest absolute Gasteiger partial charge is 0.387 e. The van der Waals surface area contributed by atoms with Gasteiger partial charge < -0.3 is 14.4 Å². The molecule has 0 spiro atoms. The summed E-state index contributed by atoms with van der Waals surface area (Å²) in [7, 11) is 0. The van der Waals surface area contributed by atoms with Crippen LogP contribution in [0.25, 0.3) is 0 Å². The van der Waals surface area contributed by atoms with Gasteiger partial charge in [-0.3, -0.25) is 14.7 Å². The number of alkyl halides is 2. The first-order valence-corrected chi connectivity index (χ1v) is 12.6. The van der Waals surface area contributed by atoms with Crippen LogP contribution in [-0.2, 0) is 11.2 Å². The van der Waals surface area contributed by atoms with Crippen molar-refractivity contribution in [2.45, 2.75) is 57.3 Å². The standard InChI is InChI=1S/C25H30BrF2N3O3/c26-19-2-3-23(34-25(27)28)18(17-19)1-4-24(32)31-13-7-20(8-14-31)30-15-9-22(10-16-30)33-21-5-11-29-12-6-21/h2-3,5-6,11-12,17,20,22,25H,1,4,7-10,13-16H2. The molecule has 2 fully saturated rings. The van der Waals surface area contributed by atoms with E-state index >= 15 is 0 Å². The lowest BCUT2D eigenvalue weighted by Crippen LogP contribution is -2.50. The normalized spacial score (nSPS) is 18.3. The second-order valence-electron chi connectivity index (χ2n) is 8.78. The molecule has 1 aromatic heterocycles. The van der Waals surface area contributed by atoms with E-state index < -0.39 is 6.61 Å². The van der Waals surface area contributed by atoms with Crippen LogP contribution in [0.1, 0.15) is 37.7 Å². The molecule has 6 nitrogen and oxygen atoms in total. The van der Waals surface area contributed by atoms with Crippen molar-refractivity contribution in [3.8, 4) is 11.5 Å². The number of rotatable bonds is 8. The van der Waals surface area contributed by atoms with E-state index in [1.807, 2.05) is 17.0 Å². The Morgan fingerprint density at radius 3 is 2.44 bits per heavy atom. The fourth-order valence-corrected chi connectivity index (χ4v) is 5.21. The first-order valence-electron chi connectivity index (χ1n) is 11.8. The predicted molar refractivity (Wildman–Crippen MR) is 128 cm³/mol. The van der Waals surface area contributed by atoms with Crippen molar-refractivity contribution < 1.29 is 23.0 Å². The van der Waals surface area contributed by atoms with E-state index in [0.717, 1.165) is 62.1 Å². The highest BCUT2D eigenvalue weighted by molar-refractivity contribution is 9.10. The second kappa shape index (κ2) is 11.9. The summed E-state index contributed by atoms with van der Waals surface area (Å²) < 4.78 is 36.8. The minimum atomic E-state index is -2.89. The summed E-state index contributed by atoms with van der Waals surface area (Å²) in [6, 6.07) is 9.17. The molecule has 0 saturated carbocycles. The topological polar surface area (TPSA) is 54.9 Å². The highest BCUT2D eigenvalue weighted by atomic mass is 79.9. The Morgan fingerprint density at radius 2 is 1.76 bits per heavy atom. The van der Waals surface area contributed by atoms with Gasteiger partial charge >= 0.3 is 6.61 Å². The number of carbonyl (C=O) groups excluding carboxylic acids is 1. The quantitative estimate of drug-likeness (QED) is 0.478. The van der Waals surface area contributed by atoms with Crippen molar-refractivity contribution in [1.82, 2.24) is 14.8 Å². The van der Waals surface area contributed by atoms with Crippen molar-refractivity contribution in [3.63, 3.8) is 0 Å². The first-order chi connectivity index (χ1) is 16.5. The molecular formula is C25H30BrF2N3O3. The molecule has 4 rings (SSSR count). The lowest BCUT2D eigenvalue weighted by atomic mass is 9.98. The zero-order valence-corrected chi connectivity index (χ0v) is 20.6. The Labute approximate surface area is 207 Å². The molecule has 0 N–H and O–H groups in total. The van der Waals surface area contributed by atoms with E-state index in [-0.39, 0.29) is 24.2 Å². The van der Waals surface area contributed by atoms with Gasteiger partial charge in [0.15, 0.2) is 0 Å². The minimum Gasteiger partial charge on any atom is -0.490 e. The van der Waals surface area contributed by atoms with Crippen LogP contribution in [0, 0.1) is 0 Å². The van der Waals surface area contributed by atoms with E-state index in [2.05, 4.69) is 30.6 Å². The fourth-order valence-electron chi connectivity index (χ4n) is 4.80. The molecule has 2 aliphatic heterocycles. The summed E-state index contributed by atoms with van der Waals surface area (Å²) in [6.45, 7) is 0.585. The number of hydrogen-bond donors (Lipinski definition) is 0. The SMILES string of the molecule is O=C(CCc1cc(Br)ccc1OC(F)F)N1CCC(N2CCC(Oc3ccncc3)CC2)CC1. The number of ether oxygens (including phenoxy) is 2. The van der Waals surface area contributed by atoms with Gasteiger partial charge in [0.25, 0.3) is 0 Å². The summed E-state index contributed by atoms with van der Waals surface area (Å²) >= 11 is 3.36. The van der Waals surface area contributed by atoms with E-state index in [4.69, 9.17) is 4.74 Å². The molecule has 0 unspecified atom stereocenters. The molecule has 34 heavy (non-hydrogen) atoms. The second-order valence-corrected chi connectivity index (χ2v) is 9.69. The third-order valence-corrected chi connectivity index (χ3v) is 7.10. The summed E-state index contributed by atoms with van der Waals surface area (Å²) in [5.41, 5.74) is 0.606. The average molecular weight is 538 g/mol. The Balaban J connectivity index is 1.20.